The average molecular weight is 303 g/mol. The van der Waals surface area contributed by atoms with Gasteiger partial charge in [-0.3, -0.25) is 9.59 Å². The van der Waals surface area contributed by atoms with E-state index in [1.807, 2.05) is 6.07 Å². The molecule has 1 amide bonds. The van der Waals surface area contributed by atoms with Gasteiger partial charge >= 0.3 is 5.97 Å². The Morgan fingerprint density at radius 3 is 2.59 bits per heavy atom. The number of amides is 1. The first-order valence-electron chi connectivity index (χ1n) is 7.30. The number of hydrogen-bond donors (Lipinski definition) is 1. The molecule has 1 N–H and O–H groups in total. The van der Waals surface area contributed by atoms with E-state index < -0.39 is 11.4 Å². The summed E-state index contributed by atoms with van der Waals surface area (Å²) in [5.41, 5.74) is 0.562. The molecule has 118 valence electrons. The number of carboxylic acid groups (broad SMARTS) is 1. The molecule has 1 aliphatic heterocycles. The van der Waals surface area contributed by atoms with Crippen molar-refractivity contribution < 1.29 is 19.4 Å². The minimum absolute atomic E-state index is 0.0498. The van der Waals surface area contributed by atoms with Crippen molar-refractivity contribution in [2.75, 3.05) is 26.3 Å². The first-order valence-corrected chi connectivity index (χ1v) is 7.30. The Labute approximate surface area is 130 Å². The third-order valence-corrected chi connectivity index (χ3v) is 3.88. The summed E-state index contributed by atoms with van der Waals surface area (Å²) >= 11 is 0. The number of hydrogen-bond acceptors (Lipinski definition) is 3. The summed E-state index contributed by atoms with van der Waals surface area (Å²) in [6.45, 7) is 5.68. The number of nitrogens with zero attached hydrogens (tertiary/aromatic N) is 1. The summed E-state index contributed by atoms with van der Waals surface area (Å²) in [6, 6.07) is 7.25. The summed E-state index contributed by atoms with van der Waals surface area (Å²) in [5, 5.41) is 9.28. The van der Waals surface area contributed by atoms with E-state index in [0.717, 1.165) is 5.56 Å². The van der Waals surface area contributed by atoms with E-state index in [9.17, 15) is 14.7 Å². The fourth-order valence-electron chi connectivity index (χ4n) is 2.21. The van der Waals surface area contributed by atoms with Crippen molar-refractivity contribution in [2.45, 2.75) is 19.3 Å². The van der Waals surface area contributed by atoms with Crippen LogP contribution in [0, 0.1) is 0 Å². The number of carbonyl (C=O) groups excluding carboxylic acids is 1. The minimum Gasteiger partial charge on any atom is -0.481 e. The van der Waals surface area contributed by atoms with Crippen LogP contribution < -0.4 is 0 Å². The largest absolute Gasteiger partial charge is 0.481 e. The zero-order valence-corrected chi connectivity index (χ0v) is 12.9. The van der Waals surface area contributed by atoms with Crippen LogP contribution in [-0.2, 0) is 19.7 Å². The zero-order chi connectivity index (χ0) is 16.2. The van der Waals surface area contributed by atoms with Crippen LogP contribution in [0.4, 0.5) is 0 Å². The molecule has 5 heteroatoms. The molecule has 22 heavy (non-hydrogen) atoms. The molecular formula is C17H21NO4. The van der Waals surface area contributed by atoms with Gasteiger partial charge < -0.3 is 14.7 Å². The summed E-state index contributed by atoms with van der Waals surface area (Å²) in [6.07, 6.45) is 3.25. The second-order valence-electron chi connectivity index (χ2n) is 5.83. The van der Waals surface area contributed by atoms with Gasteiger partial charge in [-0.15, -0.1) is 0 Å². The van der Waals surface area contributed by atoms with Crippen molar-refractivity contribution >= 4 is 18.0 Å². The Balaban J connectivity index is 2.11. The molecule has 0 bridgehead atoms. The molecule has 2 rings (SSSR count). The predicted molar refractivity (Wildman–Crippen MR) is 83.5 cm³/mol. The van der Waals surface area contributed by atoms with Crippen LogP contribution in [-0.4, -0.2) is 48.2 Å². The molecule has 1 aliphatic rings. The quantitative estimate of drug-likeness (QED) is 0.863. The lowest BCUT2D eigenvalue weighted by atomic mass is 9.84. The van der Waals surface area contributed by atoms with Crippen LogP contribution in [0.1, 0.15) is 25.0 Å². The molecule has 5 nitrogen and oxygen atoms in total. The van der Waals surface area contributed by atoms with Gasteiger partial charge in [0, 0.05) is 19.2 Å². The maximum atomic E-state index is 12.1. The summed E-state index contributed by atoms with van der Waals surface area (Å²) in [7, 11) is 0. The van der Waals surface area contributed by atoms with Gasteiger partial charge in [0.25, 0.3) is 0 Å². The maximum Gasteiger partial charge on any atom is 0.313 e. The molecule has 0 unspecified atom stereocenters. The van der Waals surface area contributed by atoms with E-state index in [0.29, 0.717) is 31.9 Å². The van der Waals surface area contributed by atoms with Crippen LogP contribution in [0.2, 0.25) is 0 Å². The van der Waals surface area contributed by atoms with Gasteiger partial charge in [-0.05, 0) is 31.1 Å². The van der Waals surface area contributed by atoms with Crippen molar-refractivity contribution in [1.29, 1.82) is 0 Å². The predicted octanol–water partition coefficient (Wildman–Crippen LogP) is 1.92. The van der Waals surface area contributed by atoms with E-state index >= 15 is 0 Å². The number of rotatable bonds is 4. The maximum absolute atomic E-state index is 12.1. The lowest BCUT2D eigenvalue weighted by molar-refractivity contribution is -0.142. The smallest absolute Gasteiger partial charge is 0.313 e. The highest BCUT2D eigenvalue weighted by Crippen LogP contribution is 2.24. The van der Waals surface area contributed by atoms with Gasteiger partial charge in [-0.25, -0.2) is 0 Å². The van der Waals surface area contributed by atoms with Gasteiger partial charge in [0.05, 0.1) is 18.6 Å². The Morgan fingerprint density at radius 2 is 1.95 bits per heavy atom. The normalized spacial score (nSPS) is 16.0. The van der Waals surface area contributed by atoms with Crippen molar-refractivity contribution in [3.8, 4) is 0 Å². The Kier molecular flexibility index (Phi) is 4.98. The van der Waals surface area contributed by atoms with Crippen molar-refractivity contribution in [3.05, 3.63) is 41.5 Å². The molecule has 1 fully saturated rings. The molecule has 0 aliphatic carbocycles. The molecule has 1 aromatic rings. The second-order valence-corrected chi connectivity index (χ2v) is 5.83. The number of morpholine rings is 1. The van der Waals surface area contributed by atoms with Gasteiger partial charge in [0.1, 0.15) is 0 Å². The Bertz CT molecular complexity index is 586. The van der Waals surface area contributed by atoms with Crippen molar-refractivity contribution in [1.82, 2.24) is 4.90 Å². The monoisotopic (exact) mass is 303 g/mol. The van der Waals surface area contributed by atoms with Gasteiger partial charge in [0.2, 0.25) is 5.91 Å². The Morgan fingerprint density at radius 1 is 1.27 bits per heavy atom. The Hall–Kier alpha value is -2.14. The third-order valence-electron chi connectivity index (χ3n) is 3.88. The van der Waals surface area contributed by atoms with Crippen LogP contribution in [0.3, 0.4) is 0 Å². The summed E-state index contributed by atoms with van der Waals surface area (Å²) < 4.78 is 5.21. The molecule has 0 spiro atoms. The number of carboxylic acids is 1. The highest BCUT2D eigenvalue weighted by molar-refractivity contribution is 5.92. The third kappa shape index (κ3) is 3.74. The highest BCUT2D eigenvalue weighted by atomic mass is 16.5. The average Bonchev–Trinajstić information content (AvgIpc) is 2.53. The lowest BCUT2D eigenvalue weighted by Crippen LogP contribution is -2.39. The van der Waals surface area contributed by atoms with Crippen LogP contribution in [0.15, 0.2) is 30.3 Å². The van der Waals surface area contributed by atoms with E-state index in [1.54, 1.807) is 43.0 Å². The first kappa shape index (κ1) is 16.2. The van der Waals surface area contributed by atoms with Crippen molar-refractivity contribution in [3.63, 3.8) is 0 Å². The fourth-order valence-corrected chi connectivity index (χ4v) is 2.21. The van der Waals surface area contributed by atoms with Gasteiger partial charge in [-0.1, -0.05) is 24.3 Å². The van der Waals surface area contributed by atoms with Crippen molar-refractivity contribution in [2.24, 2.45) is 0 Å². The van der Waals surface area contributed by atoms with E-state index in [4.69, 9.17) is 4.74 Å². The topological polar surface area (TPSA) is 66.8 Å². The van der Waals surface area contributed by atoms with Gasteiger partial charge in [-0.2, -0.15) is 0 Å². The van der Waals surface area contributed by atoms with Crippen LogP contribution in [0.25, 0.3) is 6.08 Å². The lowest BCUT2D eigenvalue weighted by Gasteiger charge is -2.25. The molecule has 1 saturated heterocycles. The molecular weight excluding hydrogens is 282 g/mol. The van der Waals surface area contributed by atoms with Gasteiger partial charge in [0.15, 0.2) is 0 Å². The van der Waals surface area contributed by atoms with Crippen LogP contribution in [0.5, 0.6) is 0 Å². The minimum atomic E-state index is -0.960. The van der Waals surface area contributed by atoms with Crippen LogP contribution >= 0.6 is 0 Å². The second kappa shape index (κ2) is 6.75. The first-order chi connectivity index (χ1) is 10.4. The molecule has 0 radical (unpaired) electrons. The standard InChI is InChI=1S/C17H21NO4/c1-17(2,16(20)21)14-5-3-4-13(12-14)6-7-15(19)18-8-10-22-11-9-18/h3-7,12H,8-11H2,1-2H3,(H,20,21). The number of aliphatic carboxylic acids is 1. The zero-order valence-electron chi connectivity index (χ0n) is 12.9. The van der Waals surface area contributed by atoms with E-state index in [2.05, 4.69) is 0 Å². The molecule has 1 aromatic carbocycles. The fraction of sp³-hybridized carbons (Fsp3) is 0.412. The molecule has 1 heterocycles. The number of benzene rings is 1. The SMILES string of the molecule is CC(C)(C(=O)O)c1cccc(C=CC(=O)N2CCOCC2)c1. The molecule has 0 saturated carbocycles. The number of carbonyl (C=O) groups is 2. The van der Waals surface area contributed by atoms with E-state index in [1.165, 1.54) is 6.08 Å². The summed E-state index contributed by atoms with van der Waals surface area (Å²) in [4.78, 5) is 25.1. The summed E-state index contributed by atoms with van der Waals surface area (Å²) in [5.74, 6) is -0.927. The van der Waals surface area contributed by atoms with E-state index in [-0.39, 0.29) is 5.91 Å². The number of ether oxygens (including phenoxy) is 1. The highest BCUT2D eigenvalue weighted by Gasteiger charge is 2.29. The molecule has 0 atom stereocenters. The molecule has 0 aromatic heterocycles.